The second kappa shape index (κ2) is 8.26. The first-order chi connectivity index (χ1) is 11.0. The molecule has 1 N–H and O–H groups in total. The van der Waals surface area contributed by atoms with E-state index in [4.69, 9.17) is 0 Å². The molecule has 2 amide bonds. The SMILES string of the molecule is CN(CC(=O)Nc1ccccc1Br)C(=O)Cc1ccc(Br)cc1. The molecule has 2 rings (SSSR count). The fourth-order valence-electron chi connectivity index (χ4n) is 1.97. The van der Waals surface area contributed by atoms with E-state index in [1.165, 1.54) is 4.90 Å². The van der Waals surface area contributed by atoms with Gasteiger partial charge in [0.1, 0.15) is 0 Å². The zero-order valence-corrected chi connectivity index (χ0v) is 15.7. The predicted molar refractivity (Wildman–Crippen MR) is 98.3 cm³/mol. The van der Waals surface area contributed by atoms with Crippen molar-refractivity contribution in [3.05, 3.63) is 63.0 Å². The highest BCUT2D eigenvalue weighted by Gasteiger charge is 2.14. The summed E-state index contributed by atoms with van der Waals surface area (Å²) in [6.45, 7) is 0.0106. The van der Waals surface area contributed by atoms with Gasteiger partial charge in [-0.05, 0) is 45.8 Å². The van der Waals surface area contributed by atoms with Crippen LogP contribution in [0.5, 0.6) is 0 Å². The fourth-order valence-corrected chi connectivity index (χ4v) is 2.62. The van der Waals surface area contributed by atoms with Gasteiger partial charge in [0, 0.05) is 16.0 Å². The highest BCUT2D eigenvalue weighted by molar-refractivity contribution is 9.10. The van der Waals surface area contributed by atoms with Gasteiger partial charge >= 0.3 is 0 Å². The van der Waals surface area contributed by atoms with Gasteiger partial charge in [0.15, 0.2) is 0 Å². The number of carbonyl (C=O) groups is 2. The number of hydrogen-bond donors (Lipinski definition) is 1. The van der Waals surface area contributed by atoms with Gasteiger partial charge in [0.05, 0.1) is 18.7 Å². The van der Waals surface area contributed by atoms with E-state index in [-0.39, 0.29) is 24.8 Å². The first-order valence-electron chi connectivity index (χ1n) is 6.98. The molecule has 0 bridgehead atoms. The zero-order chi connectivity index (χ0) is 16.8. The molecule has 0 aliphatic carbocycles. The normalized spacial score (nSPS) is 10.2. The third-order valence-electron chi connectivity index (χ3n) is 3.22. The maximum Gasteiger partial charge on any atom is 0.244 e. The summed E-state index contributed by atoms with van der Waals surface area (Å²) in [6.07, 6.45) is 0.270. The van der Waals surface area contributed by atoms with Crippen LogP contribution in [0, 0.1) is 0 Å². The number of anilines is 1. The molecule has 0 heterocycles. The molecular weight excluding hydrogens is 424 g/mol. The molecule has 23 heavy (non-hydrogen) atoms. The van der Waals surface area contributed by atoms with Gasteiger partial charge in [-0.2, -0.15) is 0 Å². The van der Waals surface area contributed by atoms with Crippen molar-refractivity contribution >= 4 is 49.4 Å². The molecule has 120 valence electrons. The van der Waals surface area contributed by atoms with Gasteiger partial charge < -0.3 is 10.2 Å². The Hall–Kier alpha value is -1.66. The van der Waals surface area contributed by atoms with Crippen molar-refractivity contribution in [2.45, 2.75) is 6.42 Å². The number of benzene rings is 2. The Bertz CT molecular complexity index is 702. The highest BCUT2D eigenvalue weighted by Crippen LogP contribution is 2.21. The van der Waals surface area contributed by atoms with Crippen molar-refractivity contribution in [3.63, 3.8) is 0 Å². The van der Waals surface area contributed by atoms with E-state index in [1.54, 1.807) is 13.1 Å². The molecule has 0 saturated carbocycles. The van der Waals surface area contributed by atoms with Crippen LogP contribution in [0.2, 0.25) is 0 Å². The lowest BCUT2D eigenvalue weighted by atomic mass is 10.1. The van der Waals surface area contributed by atoms with E-state index in [2.05, 4.69) is 37.2 Å². The lowest BCUT2D eigenvalue weighted by molar-refractivity contribution is -0.132. The average Bonchev–Trinajstić information content (AvgIpc) is 2.51. The molecule has 0 aliphatic rings. The van der Waals surface area contributed by atoms with Crippen LogP contribution in [0.25, 0.3) is 0 Å². The molecule has 0 fully saturated rings. The van der Waals surface area contributed by atoms with Gasteiger partial charge in [-0.15, -0.1) is 0 Å². The van der Waals surface area contributed by atoms with E-state index in [0.717, 1.165) is 14.5 Å². The van der Waals surface area contributed by atoms with Gasteiger partial charge in [0.25, 0.3) is 0 Å². The molecule has 0 spiro atoms. The van der Waals surface area contributed by atoms with Gasteiger partial charge in [-0.25, -0.2) is 0 Å². The van der Waals surface area contributed by atoms with E-state index in [0.29, 0.717) is 5.69 Å². The van der Waals surface area contributed by atoms with Crippen LogP contribution >= 0.6 is 31.9 Å². The molecular formula is C17H16Br2N2O2. The number of hydrogen-bond acceptors (Lipinski definition) is 2. The van der Waals surface area contributed by atoms with Crippen molar-refractivity contribution < 1.29 is 9.59 Å². The molecule has 0 unspecified atom stereocenters. The first kappa shape index (κ1) is 17.7. The second-order valence-corrected chi connectivity index (χ2v) is 6.85. The Kier molecular flexibility index (Phi) is 6.36. The van der Waals surface area contributed by atoms with Crippen molar-refractivity contribution in [3.8, 4) is 0 Å². The molecule has 0 atom stereocenters. The summed E-state index contributed by atoms with van der Waals surface area (Å²) in [5, 5.41) is 2.78. The monoisotopic (exact) mass is 438 g/mol. The Morgan fingerprint density at radius 3 is 2.35 bits per heavy atom. The number of likely N-dealkylation sites (N-methyl/N-ethyl adjacent to an activating group) is 1. The summed E-state index contributed by atoms with van der Waals surface area (Å²) in [4.78, 5) is 25.6. The maximum absolute atomic E-state index is 12.2. The Balaban J connectivity index is 1.89. The van der Waals surface area contributed by atoms with Crippen LogP contribution in [-0.4, -0.2) is 30.3 Å². The van der Waals surface area contributed by atoms with Crippen LogP contribution in [0.15, 0.2) is 57.5 Å². The lowest BCUT2D eigenvalue weighted by Crippen LogP contribution is -2.35. The highest BCUT2D eigenvalue weighted by atomic mass is 79.9. The predicted octanol–water partition coefficient (Wildman–Crippen LogP) is 3.85. The maximum atomic E-state index is 12.2. The van der Waals surface area contributed by atoms with Crippen LogP contribution in [0.4, 0.5) is 5.69 Å². The topological polar surface area (TPSA) is 49.4 Å². The van der Waals surface area contributed by atoms with Crippen molar-refractivity contribution in [2.24, 2.45) is 0 Å². The number of halogens is 2. The van der Waals surface area contributed by atoms with Crippen LogP contribution in [0.3, 0.4) is 0 Å². The lowest BCUT2D eigenvalue weighted by Gasteiger charge is -2.17. The summed E-state index contributed by atoms with van der Waals surface area (Å²) in [7, 11) is 1.63. The van der Waals surface area contributed by atoms with E-state index in [1.807, 2.05) is 42.5 Å². The quantitative estimate of drug-likeness (QED) is 0.769. The Morgan fingerprint density at radius 2 is 1.70 bits per heavy atom. The van der Waals surface area contributed by atoms with E-state index in [9.17, 15) is 9.59 Å². The summed E-state index contributed by atoms with van der Waals surface area (Å²) in [5.74, 6) is -0.335. The Morgan fingerprint density at radius 1 is 1.04 bits per heavy atom. The smallest absolute Gasteiger partial charge is 0.244 e. The second-order valence-electron chi connectivity index (χ2n) is 5.08. The van der Waals surface area contributed by atoms with Crippen molar-refractivity contribution in [1.82, 2.24) is 4.90 Å². The number of rotatable bonds is 5. The minimum atomic E-state index is -0.233. The molecule has 0 radical (unpaired) electrons. The number of nitrogens with zero attached hydrogens (tertiary/aromatic N) is 1. The number of carbonyl (C=O) groups excluding carboxylic acids is 2. The van der Waals surface area contributed by atoms with Crippen LogP contribution < -0.4 is 5.32 Å². The molecule has 0 aromatic heterocycles. The molecule has 2 aromatic rings. The van der Waals surface area contributed by atoms with Gasteiger partial charge in [0.2, 0.25) is 11.8 Å². The zero-order valence-electron chi connectivity index (χ0n) is 12.6. The molecule has 4 nitrogen and oxygen atoms in total. The Labute approximate surface area is 152 Å². The average molecular weight is 440 g/mol. The van der Waals surface area contributed by atoms with E-state index < -0.39 is 0 Å². The first-order valence-corrected chi connectivity index (χ1v) is 8.57. The number of para-hydroxylation sites is 1. The van der Waals surface area contributed by atoms with Crippen LogP contribution in [-0.2, 0) is 16.0 Å². The fraction of sp³-hybridized carbons (Fsp3) is 0.176. The third-order valence-corrected chi connectivity index (χ3v) is 4.44. The number of nitrogens with one attached hydrogen (secondary N) is 1. The number of amides is 2. The van der Waals surface area contributed by atoms with Crippen molar-refractivity contribution in [2.75, 3.05) is 18.9 Å². The molecule has 6 heteroatoms. The third kappa shape index (κ3) is 5.48. The molecule has 0 saturated heterocycles. The minimum Gasteiger partial charge on any atom is -0.336 e. The van der Waals surface area contributed by atoms with Crippen LogP contribution in [0.1, 0.15) is 5.56 Å². The summed E-state index contributed by atoms with van der Waals surface area (Å²) >= 11 is 6.73. The summed E-state index contributed by atoms with van der Waals surface area (Å²) in [6, 6.07) is 14.9. The minimum absolute atomic E-state index is 0.0106. The molecule has 0 aliphatic heterocycles. The van der Waals surface area contributed by atoms with E-state index >= 15 is 0 Å². The van der Waals surface area contributed by atoms with Gasteiger partial charge in [-0.1, -0.05) is 40.2 Å². The largest absolute Gasteiger partial charge is 0.336 e. The molecule has 2 aromatic carbocycles. The summed E-state index contributed by atoms with van der Waals surface area (Å²) in [5.41, 5.74) is 1.60. The standard InChI is InChI=1S/C17H16Br2N2O2/c1-21(17(23)10-12-6-8-13(18)9-7-12)11-16(22)20-15-5-3-2-4-14(15)19/h2-9H,10-11H2,1H3,(H,20,22). The van der Waals surface area contributed by atoms with Gasteiger partial charge in [-0.3, -0.25) is 9.59 Å². The van der Waals surface area contributed by atoms with Crippen molar-refractivity contribution in [1.29, 1.82) is 0 Å². The summed E-state index contributed by atoms with van der Waals surface area (Å²) < 4.78 is 1.77.